The van der Waals surface area contributed by atoms with Gasteiger partial charge in [-0.15, -0.1) is 0 Å². The van der Waals surface area contributed by atoms with Gasteiger partial charge < -0.3 is 16.2 Å². The van der Waals surface area contributed by atoms with E-state index >= 15 is 0 Å². The molecule has 1 heterocycles. The van der Waals surface area contributed by atoms with Crippen molar-refractivity contribution >= 4 is 17.4 Å². The second-order valence-electron chi connectivity index (χ2n) is 7.27. The fourth-order valence-corrected chi connectivity index (χ4v) is 2.97. The summed E-state index contributed by atoms with van der Waals surface area (Å²) in [4.78, 5) is 10.8. The maximum absolute atomic E-state index is 13.6. The van der Waals surface area contributed by atoms with Crippen LogP contribution in [0.3, 0.4) is 0 Å². The molecule has 1 aliphatic heterocycles. The lowest BCUT2D eigenvalue weighted by Crippen LogP contribution is -2.27. The Hall–Kier alpha value is -2.45. The van der Waals surface area contributed by atoms with E-state index in [1.165, 1.54) is 0 Å². The minimum Gasteiger partial charge on any atom is -0.481 e. The first-order valence-electron chi connectivity index (χ1n) is 10.4. The zero-order valence-electron chi connectivity index (χ0n) is 18.8. The Labute approximate surface area is 179 Å². The van der Waals surface area contributed by atoms with Crippen LogP contribution in [0.15, 0.2) is 29.4 Å². The summed E-state index contributed by atoms with van der Waals surface area (Å²) in [5, 5.41) is 15.6. The van der Waals surface area contributed by atoms with E-state index in [2.05, 4.69) is 16.5 Å². The molecule has 0 spiro atoms. The summed E-state index contributed by atoms with van der Waals surface area (Å²) in [6.45, 7) is 11.6. The van der Waals surface area contributed by atoms with Gasteiger partial charge in [-0.25, -0.2) is 15.8 Å². The molecule has 0 bridgehead atoms. The van der Waals surface area contributed by atoms with Crippen molar-refractivity contribution in [2.45, 2.75) is 53.9 Å². The molecule has 0 radical (unpaired) electrons. The average molecular weight is 424 g/mol. The van der Waals surface area contributed by atoms with Crippen LogP contribution in [0.5, 0.6) is 0 Å². The van der Waals surface area contributed by atoms with Gasteiger partial charge in [-0.2, -0.15) is 5.10 Å². The van der Waals surface area contributed by atoms with Gasteiger partial charge >= 0.3 is 5.97 Å². The van der Waals surface area contributed by atoms with E-state index in [0.29, 0.717) is 12.3 Å². The monoisotopic (exact) mass is 423 g/mol. The number of benzene rings is 1. The van der Waals surface area contributed by atoms with Gasteiger partial charge in [0, 0.05) is 18.5 Å². The van der Waals surface area contributed by atoms with Crippen LogP contribution in [0.2, 0.25) is 0 Å². The van der Waals surface area contributed by atoms with Crippen molar-refractivity contribution in [1.29, 1.82) is 0 Å². The lowest BCUT2D eigenvalue weighted by Gasteiger charge is -2.14. The normalized spacial score (nSPS) is 14.5. The van der Waals surface area contributed by atoms with E-state index in [1.54, 1.807) is 6.07 Å². The zero-order valence-corrected chi connectivity index (χ0v) is 18.8. The van der Waals surface area contributed by atoms with Crippen LogP contribution < -0.4 is 22.4 Å². The average Bonchev–Trinajstić information content (AvgIpc) is 2.70. The molecule has 1 unspecified atom stereocenters. The fraction of sp³-hybridized carbons (Fsp3) is 0.545. The third-order valence-electron chi connectivity index (χ3n) is 4.30. The summed E-state index contributed by atoms with van der Waals surface area (Å²) >= 11 is 0. The first-order valence-corrected chi connectivity index (χ1v) is 10.4. The van der Waals surface area contributed by atoms with E-state index < -0.39 is 11.9 Å². The SMILES string of the molecule is CC.CC(C)CC(C/C(N)=N/NN)C(=O)O.Cc1ccc(C2=CCNCC2)c(F)c1. The Morgan fingerprint density at radius 2 is 2.03 bits per heavy atom. The number of hydrogen-bond donors (Lipinski definition) is 5. The van der Waals surface area contributed by atoms with Crippen LogP contribution >= 0.6 is 0 Å². The highest BCUT2D eigenvalue weighted by Crippen LogP contribution is 2.23. The van der Waals surface area contributed by atoms with Gasteiger partial charge in [0.15, 0.2) is 0 Å². The minimum absolute atomic E-state index is 0.0989. The number of amidine groups is 1. The van der Waals surface area contributed by atoms with E-state index in [4.69, 9.17) is 16.7 Å². The molecule has 8 heteroatoms. The maximum Gasteiger partial charge on any atom is 0.306 e. The molecule has 170 valence electrons. The van der Waals surface area contributed by atoms with Gasteiger partial charge in [0.1, 0.15) is 11.7 Å². The molecule has 0 amide bonds. The van der Waals surface area contributed by atoms with Crippen molar-refractivity contribution in [3.05, 3.63) is 41.2 Å². The third kappa shape index (κ3) is 10.9. The Morgan fingerprint density at radius 1 is 1.37 bits per heavy atom. The number of carboxylic acids is 1. The highest BCUT2D eigenvalue weighted by atomic mass is 19.1. The van der Waals surface area contributed by atoms with Gasteiger partial charge in [0.2, 0.25) is 0 Å². The molecule has 0 fully saturated rings. The lowest BCUT2D eigenvalue weighted by molar-refractivity contribution is -0.142. The van der Waals surface area contributed by atoms with Crippen LogP contribution in [0.1, 0.15) is 58.1 Å². The van der Waals surface area contributed by atoms with Crippen molar-refractivity contribution in [2.24, 2.45) is 28.5 Å². The van der Waals surface area contributed by atoms with Crippen molar-refractivity contribution < 1.29 is 14.3 Å². The molecule has 1 aliphatic rings. The van der Waals surface area contributed by atoms with Gasteiger partial charge in [-0.3, -0.25) is 4.79 Å². The molecule has 7 nitrogen and oxygen atoms in total. The molecule has 2 rings (SSSR count). The Balaban J connectivity index is 0.000000518. The van der Waals surface area contributed by atoms with E-state index in [-0.39, 0.29) is 18.1 Å². The number of nitrogens with one attached hydrogen (secondary N) is 2. The van der Waals surface area contributed by atoms with Crippen molar-refractivity contribution in [3.8, 4) is 0 Å². The summed E-state index contributed by atoms with van der Waals surface area (Å²) in [6.07, 6.45) is 3.78. The number of aryl methyl sites for hydroxylation is 1. The highest BCUT2D eigenvalue weighted by molar-refractivity contribution is 5.84. The van der Waals surface area contributed by atoms with Gasteiger partial charge in [0.05, 0.1) is 5.92 Å². The molecule has 0 aliphatic carbocycles. The quantitative estimate of drug-likeness (QED) is 0.198. The number of carboxylic acid groups (broad SMARTS) is 1. The van der Waals surface area contributed by atoms with Gasteiger partial charge in [-0.1, -0.05) is 45.9 Å². The summed E-state index contributed by atoms with van der Waals surface area (Å²) in [5.41, 5.74) is 10.3. The number of nitrogens with zero attached hydrogens (tertiary/aromatic N) is 1. The molecule has 7 N–H and O–H groups in total. The molecule has 0 saturated carbocycles. The number of hydrogen-bond acceptors (Lipinski definition) is 5. The molecule has 0 aromatic heterocycles. The molecule has 1 atom stereocenters. The molecular formula is C22H38FN5O2. The van der Waals surface area contributed by atoms with Gasteiger partial charge in [-0.05, 0) is 49.4 Å². The second-order valence-corrected chi connectivity index (χ2v) is 7.27. The van der Waals surface area contributed by atoms with Crippen LogP contribution in [0, 0.1) is 24.6 Å². The van der Waals surface area contributed by atoms with E-state index in [1.807, 2.05) is 52.3 Å². The number of carbonyl (C=O) groups is 1. The number of halogens is 1. The summed E-state index contributed by atoms with van der Waals surface area (Å²) in [7, 11) is 0. The van der Waals surface area contributed by atoms with Crippen molar-refractivity contribution in [1.82, 2.24) is 10.9 Å². The number of hydrazone groups is 1. The van der Waals surface area contributed by atoms with E-state index in [0.717, 1.165) is 36.2 Å². The van der Waals surface area contributed by atoms with Crippen LogP contribution in [-0.2, 0) is 4.79 Å². The molecular weight excluding hydrogens is 385 g/mol. The topological polar surface area (TPSA) is 126 Å². The molecule has 1 aromatic carbocycles. The first-order chi connectivity index (χ1) is 14.2. The van der Waals surface area contributed by atoms with Crippen molar-refractivity contribution in [3.63, 3.8) is 0 Å². The van der Waals surface area contributed by atoms with Crippen LogP contribution in [0.4, 0.5) is 4.39 Å². The van der Waals surface area contributed by atoms with Gasteiger partial charge in [0.25, 0.3) is 0 Å². The van der Waals surface area contributed by atoms with Crippen LogP contribution in [0.25, 0.3) is 5.57 Å². The summed E-state index contributed by atoms with van der Waals surface area (Å²) in [6, 6.07) is 5.43. The molecule has 30 heavy (non-hydrogen) atoms. The number of aliphatic carboxylic acids is 1. The lowest BCUT2D eigenvalue weighted by atomic mass is 9.94. The smallest absolute Gasteiger partial charge is 0.306 e. The highest BCUT2D eigenvalue weighted by Gasteiger charge is 2.20. The zero-order chi connectivity index (χ0) is 23.1. The fourth-order valence-electron chi connectivity index (χ4n) is 2.97. The van der Waals surface area contributed by atoms with Crippen molar-refractivity contribution in [2.75, 3.05) is 13.1 Å². The predicted molar refractivity (Wildman–Crippen MR) is 122 cm³/mol. The molecule has 1 aromatic rings. The largest absolute Gasteiger partial charge is 0.481 e. The standard InChI is InChI=1S/C12H14FN.C8H18N4O2.C2H6/c1-9-2-3-11(12(13)8-9)10-4-6-14-7-5-10;1-5(2)3-6(8(13)14)4-7(9)11-12-10;1-2/h2-4,8,14H,5-7H2,1H3;5-6,12H,3-4,10H2,1-2H3,(H2,9,11)(H,13,14);1-2H3. The van der Waals surface area contributed by atoms with Crippen LogP contribution in [-0.4, -0.2) is 30.0 Å². The van der Waals surface area contributed by atoms with E-state index in [9.17, 15) is 9.18 Å². The first kappa shape index (κ1) is 27.5. The number of hydrazine groups is 1. The Morgan fingerprint density at radius 3 is 2.50 bits per heavy atom. The predicted octanol–water partition coefficient (Wildman–Crippen LogP) is 3.40. The maximum atomic E-state index is 13.6. The number of rotatable bonds is 7. The Bertz CT molecular complexity index is 705. The minimum atomic E-state index is -0.853. The Kier molecular flexibility index (Phi) is 14.1. The summed E-state index contributed by atoms with van der Waals surface area (Å²) in [5.74, 6) is 4.00. The molecule has 0 saturated heterocycles. The third-order valence-corrected chi connectivity index (χ3v) is 4.30. The second kappa shape index (κ2) is 15.4. The summed E-state index contributed by atoms with van der Waals surface area (Å²) < 4.78 is 13.6. The number of nitrogens with two attached hydrogens (primary N) is 2.